The molecule has 1 aromatic heterocycles. The topological polar surface area (TPSA) is 117 Å². The van der Waals surface area contributed by atoms with Crippen LogP contribution in [0.1, 0.15) is 33.3 Å². The molecule has 2 aromatic carbocycles. The van der Waals surface area contributed by atoms with Gasteiger partial charge in [0.15, 0.2) is 0 Å². The predicted molar refractivity (Wildman–Crippen MR) is 149 cm³/mol. The molecule has 11 heteroatoms. The quantitative estimate of drug-likeness (QED) is 0.310. The van der Waals surface area contributed by atoms with E-state index < -0.39 is 23.4 Å². The van der Waals surface area contributed by atoms with E-state index >= 15 is 0 Å². The van der Waals surface area contributed by atoms with Crippen LogP contribution in [0.15, 0.2) is 48.7 Å². The largest absolute Gasteiger partial charge is 0.492 e. The van der Waals surface area contributed by atoms with E-state index in [0.717, 1.165) is 0 Å². The van der Waals surface area contributed by atoms with Gasteiger partial charge < -0.3 is 25.0 Å². The highest BCUT2D eigenvalue weighted by Gasteiger charge is 2.19. The van der Waals surface area contributed by atoms with E-state index in [4.69, 9.17) is 21.1 Å². The molecule has 2 amide bonds. The van der Waals surface area contributed by atoms with Crippen LogP contribution in [0.25, 0.3) is 10.9 Å². The number of nitrogens with zero attached hydrogens (tertiary/aromatic N) is 3. The van der Waals surface area contributed by atoms with Gasteiger partial charge in [-0.25, -0.2) is 9.18 Å². The van der Waals surface area contributed by atoms with Crippen LogP contribution in [0.3, 0.4) is 0 Å². The van der Waals surface area contributed by atoms with Crippen molar-refractivity contribution in [1.82, 2.24) is 9.88 Å². The summed E-state index contributed by atoms with van der Waals surface area (Å²) in [7, 11) is 1.56. The number of halogens is 2. The Morgan fingerprint density at radius 3 is 2.64 bits per heavy atom. The van der Waals surface area contributed by atoms with Gasteiger partial charge in [-0.3, -0.25) is 9.78 Å². The summed E-state index contributed by atoms with van der Waals surface area (Å²) in [6, 6.07) is 9.49. The molecular weight excluding hydrogens is 525 g/mol. The number of benzene rings is 2. The molecule has 2 N–H and O–H groups in total. The number of anilines is 3. The summed E-state index contributed by atoms with van der Waals surface area (Å²) in [5.74, 6) is -0.651. The SMILES string of the molecule is CCOc1cc2ncc(C#N)c(Nc3ccc(F)c(Cl)c3)c2cc1NC(=O)/C=C/CN(C)C(=O)OC(C)(C)C. The second kappa shape index (κ2) is 12.5. The molecule has 0 bridgehead atoms. The Balaban J connectivity index is 1.90. The van der Waals surface area contributed by atoms with E-state index in [0.29, 0.717) is 40.3 Å². The van der Waals surface area contributed by atoms with Gasteiger partial charge in [-0.1, -0.05) is 17.7 Å². The number of ether oxygens (including phenoxy) is 2. The summed E-state index contributed by atoms with van der Waals surface area (Å²) in [4.78, 5) is 30.5. The second-order valence-electron chi connectivity index (χ2n) is 9.46. The van der Waals surface area contributed by atoms with Crippen molar-refractivity contribution < 1.29 is 23.5 Å². The number of rotatable bonds is 8. The molecule has 9 nitrogen and oxygen atoms in total. The first kappa shape index (κ1) is 29.2. The van der Waals surface area contributed by atoms with E-state index in [-0.39, 0.29) is 17.1 Å². The summed E-state index contributed by atoms with van der Waals surface area (Å²) >= 11 is 5.93. The molecule has 0 aliphatic rings. The maximum atomic E-state index is 13.7. The molecule has 0 aliphatic carbocycles. The van der Waals surface area contributed by atoms with Crippen LogP contribution in [0.4, 0.5) is 26.2 Å². The molecule has 0 radical (unpaired) electrons. The summed E-state index contributed by atoms with van der Waals surface area (Å²) < 4.78 is 24.7. The molecule has 0 fully saturated rings. The number of nitriles is 1. The molecule has 39 heavy (non-hydrogen) atoms. The predicted octanol–water partition coefficient (Wildman–Crippen LogP) is 6.40. The van der Waals surface area contributed by atoms with E-state index in [2.05, 4.69) is 21.7 Å². The van der Waals surface area contributed by atoms with Gasteiger partial charge in [0.25, 0.3) is 0 Å². The normalized spacial score (nSPS) is 11.2. The van der Waals surface area contributed by atoms with Gasteiger partial charge in [0.1, 0.15) is 23.2 Å². The zero-order valence-corrected chi connectivity index (χ0v) is 23.0. The Hall–Kier alpha value is -4.36. The molecule has 3 aromatic rings. The van der Waals surface area contributed by atoms with Crippen molar-refractivity contribution in [2.45, 2.75) is 33.3 Å². The third kappa shape index (κ3) is 7.82. The van der Waals surface area contributed by atoms with Gasteiger partial charge >= 0.3 is 6.09 Å². The van der Waals surface area contributed by atoms with Crippen LogP contribution in [0.5, 0.6) is 5.75 Å². The fraction of sp³-hybridized carbons (Fsp3) is 0.286. The van der Waals surface area contributed by atoms with Gasteiger partial charge in [-0.2, -0.15) is 5.26 Å². The number of likely N-dealkylation sites (N-methyl/N-ethyl adjacent to an activating group) is 1. The van der Waals surface area contributed by atoms with Crippen LogP contribution in [0, 0.1) is 17.1 Å². The van der Waals surface area contributed by atoms with Crippen LogP contribution in [-0.4, -0.2) is 47.7 Å². The highest BCUT2D eigenvalue weighted by Crippen LogP contribution is 2.36. The van der Waals surface area contributed by atoms with Crippen LogP contribution in [0.2, 0.25) is 5.02 Å². The Kier molecular flexibility index (Phi) is 9.33. The third-order valence-corrected chi connectivity index (χ3v) is 5.48. The fourth-order valence-corrected chi connectivity index (χ4v) is 3.62. The van der Waals surface area contributed by atoms with Gasteiger partial charge in [0.2, 0.25) is 5.91 Å². The molecule has 3 rings (SSSR count). The first-order valence-corrected chi connectivity index (χ1v) is 12.4. The highest BCUT2D eigenvalue weighted by molar-refractivity contribution is 6.31. The average molecular weight is 554 g/mol. The van der Waals surface area contributed by atoms with Crippen LogP contribution < -0.4 is 15.4 Å². The first-order chi connectivity index (χ1) is 18.4. The number of pyridine rings is 1. The number of amides is 2. The van der Waals surface area contributed by atoms with Crippen molar-refractivity contribution in [3.05, 3.63) is 65.1 Å². The monoisotopic (exact) mass is 553 g/mol. The summed E-state index contributed by atoms with van der Waals surface area (Å²) in [5.41, 5.74) is 1.31. The van der Waals surface area contributed by atoms with Crippen molar-refractivity contribution in [2.24, 2.45) is 0 Å². The molecule has 0 saturated carbocycles. The third-order valence-electron chi connectivity index (χ3n) is 5.19. The van der Waals surface area contributed by atoms with Gasteiger partial charge in [-0.05, 0) is 52.0 Å². The van der Waals surface area contributed by atoms with Gasteiger partial charge in [0, 0.05) is 43.0 Å². The summed E-state index contributed by atoms with van der Waals surface area (Å²) in [6.45, 7) is 7.60. The number of fused-ring (bicyclic) bond motifs is 1. The molecule has 0 saturated heterocycles. The van der Waals surface area contributed by atoms with Crippen molar-refractivity contribution in [3.8, 4) is 11.8 Å². The number of hydrogen-bond acceptors (Lipinski definition) is 7. The van der Waals surface area contributed by atoms with E-state index in [1.807, 2.05) is 0 Å². The van der Waals surface area contributed by atoms with Gasteiger partial charge in [-0.15, -0.1) is 0 Å². The lowest BCUT2D eigenvalue weighted by molar-refractivity contribution is -0.112. The number of carbonyl (C=O) groups is 2. The smallest absolute Gasteiger partial charge is 0.410 e. The Morgan fingerprint density at radius 1 is 1.26 bits per heavy atom. The van der Waals surface area contributed by atoms with E-state index in [1.165, 1.54) is 41.4 Å². The number of nitrogens with one attached hydrogen (secondary N) is 2. The lowest BCUT2D eigenvalue weighted by Gasteiger charge is -2.23. The maximum Gasteiger partial charge on any atom is 0.410 e. The van der Waals surface area contributed by atoms with Gasteiger partial charge in [0.05, 0.1) is 34.1 Å². The van der Waals surface area contributed by atoms with Crippen molar-refractivity contribution in [3.63, 3.8) is 0 Å². The zero-order chi connectivity index (χ0) is 28.7. The first-order valence-electron chi connectivity index (χ1n) is 12.0. The molecular formula is C28H29ClFN5O4. The molecule has 1 heterocycles. The zero-order valence-electron chi connectivity index (χ0n) is 22.3. The maximum absolute atomic E-state index is 13.7. The lowest BCUT2D eigenvalue weighted by Crippen LogP contribution is -2.34. The van der Waals surface area contributed by atoms with Crippen LogP contribution >= 0.6 is 11.6 Å². The number of carbonyl (C=O) groups excluding carboxylic acids is 2. The molecule has 0 unspecified atom stereocenters. The average Bonchev–Trinajstić information content (AvgIpc) is 2.86. The minimum atomic E-state index is -0.630. The lowest BCUT2D eigenvalue weighted by atomic mass is 10.1. The molecule has 0 spiro atoms. The highest BCUT2D eigenvalue weighted by atomic mass is 35.5. The fourth-order valence-electron chi connectivity index (χ4n) is 3.44. The number of hydrogen-bond donors (Lipinski definition) is 2. The van der Waals surface area contributed by atoms with Crippen molar-refractivity contribution >= 4 is 51.6 Å². The minimum Gasteiger partial charge on any atom is -0.492 e. The van der Waals surface area contributed by atoms with E-state index in [9.17, 15) is 19.2 Å². The molecule has 0 atom stereocenters. The van der Waals surface area contributed by atoms with Crippen LogP contribution in [-0.2, 0) is 9.53 Å². The number of aromatic nitrogens is 1. The minimum absolute atomic E-state index is 0.0763. The molecule has 204 valence electrons. The Bertz CT molecular complexity index is 1460. The van der Waals surface area contributed by atoms with Crippen molar-refractivity contribution in [1.29, 1.82) is 5.26 Å². The summed E-state index contributed by atoms with van der Waals surface area (Å²) in [6.07, 6.45) is 3.73. The molecule has 0 aliphatic heterocycles. The van der Waals surface area contributed by atoms with Crippen molar-refractivity contribution in [2.75, 3.05) is 30.8 Å². The summed E-state index contributed by atoms with van der Waals surface area (Å²) in [5, 5.41) is 16.0. The Labute approximate surface area is 231 Å². The second-order valence-corrected chi connectivity index (χ2v) is 9.87. The standard InChI is InChI=1S/C28H29ClFN5O4/c1-6-38-24-14-22-19(26(17(15-31)16-32-22)33-18-9-10-21(30)20(29)12-18)13-23(24)34-25(36)8-7-11-35(5)27(37)39-28(2,3)4/h7-10,12-14,16H,6,11H2,1-5H3,(H,32,33)(H,34,36)/b8-7+. The van der Waals surface area contributed by atoms with E-state index in [1.54, 1.807) is 46.9 Å². The Morgan fingerprint density at radius 2 is 2.00 bits per heavy atom.